The van der Waals surface area contributed by atoms with Crippen LogP contribution in [-0.2, 0) is 14.4 Å². The molecule has 0 bridgehead atoms. The number of hydrogen-bond donors (Lipinski definition) is 2. The number of anilines is 1. The maximum absolute atomic E-state index is 11.7. The summed E-state index contributed by atoms with van der Waals surface area (Å²) in [6, 6.07) is 4.22. The quantitative estimate of drug-likeness (QED) is 0.751. The Kier molecular flexibility index (Phi) is 4.27. The fraction of sp³-hybridized carbons (Fsp3) is 0.308. The highest BCUT2D eigenvalue weighted by Gasteiger charge is 2.28. The van der Waals surface area contributed by atoms with Gasteiger partial charge < -0.3 is 10.4 Å². The molecule has 1 aliphatic heterocycles. The molecule has 0 atom stereocenters. The average molecular weight is 291 g/mol. The molecule has 2 rings (SSSR count). The van der Waals surface area contributed by atoms with E-state index in [-0.39, 0.29) is 49.1 Å². The molecule has 3 amide bonds. The lowest BCUT2D eigenvalue weighted by atomic mass is 10.3. The minimum absolute atomic E-state index is 0.0160. The molecule has 2 heterocycles. The Labute approximate surface area is 119 Å². The zero-order valence-electron chi connectivity index (χ0n) is 11.0. The minimum atomic E-state index is -1.20. The predicted molar refractivity (Wildman–Crippen MR) is 70.4 cm³/mol. The van der Waals surface area contributed by atoms with E-state index in [0.29, 0.717) is 0 Å². The Balaban J connectivity index is 1.90. The molecule has 21 heavy (non-hydrogen) atoms. The van der Waals surface area contributed by atoms with Gasteiger partial charge in [-0.3, -0.25) is 19.3 Å². The number of pyridine rings is 1. The van der Waals surface area contributed by atoms with E-state index in [1.165, 1.54) is 18.2 Å². The molecule has 0 aliphatic carbocycles. The Morgan fingerprint density at radius 3 is 2.52 bits per heavy atom. The number of carbonyl (C=O) groups excluding carboxylic acids is 3. The van der Waals surface area contributed by atoms with Crippen LogP contribution in [-0.4, -0.2) is 45.2 Å². The Morgan fingerprint density at radius 1 is 1.24 bits per heavy atom. The van der Waals surface area contributed by atoms with E-state index >= 15 is 0 Å². The van der Waals surface area contributed by atoms with Crippen LogP contribution in [0, 0.1) is 0 Å². The molecule has 1 aromatic heterocycles. The van der Waals surface area contributed by atoms with Gasteiger partial charge in [0.2, 0.25) is 17.7 Å². The monoisotopic (exact) mass is 291 g/mol. The van der Waals surface area contributed by atoms with E-state index in [1.807, 2.05) is 0 Å². The smallest absolute Gasteiger partial charge is 0.354 e. The van der Waals surface area contributed by atoms with Crippen molar-refractivity contribution in [1.29, 1.82) is 0 Å². The van der Waals surface area contributed by atoms with Gasteiger partial charge in [0.15, 0.2) is 5.69 Å². The Bertz CT molecular complexity index is 598. The largest absolute Gasteiger partial charge is 0.477 e. The van der Waals surface area contributed by atoms with Crippen LogP contribution < -0.4 is 5.32 Å². The van der Waals surface area contributed by atoms with Gasteiger partial charge in [0, 0.05) is 25.8 Å². The second-order valence-electron chi connectivity index (χ2n) is 4.45. The van der Waals surface area contributed by atoms with Crippen molar-refractivity contribution < 1.29 is 24.3 Å². The molecule has 0 saturated carbocycles. The summed E-state index contributed by atoms with van der Waals surface area (Å²) in [7, 11) is 0. The van der Waals surface area contributed by atoms with E-state index in [9.17, 15) is 19.2 Å². The van der Waals surface area contributed by atoms with Crippen molar-refractivity contribution in [3.8, 4) is 0 Å². The maximum atomic E-state index is 11.7. The molecule has 1 aliphatic rings. The molecule has 1 saturated heterocycles. The van der Waals surface area contributed by atoms with Gasteiger partial charge >= 0.3 is 5.97 Å². The zero-order valence-corrected chi connectivity index (χ0v) is 11.0. The second-order valence-corrected chi connectivity index (χ2v) is 4.45. The van der Waals surface area contributed by atoms with Gasteiger partial charge in [0.05, 0.1) is 0 Å². The van der Waals surface area contributed by atoms with Gasteiger partial charge in [-0.05, 0) is 12.1 Å². The first-order chi connectivity index (χ1) is 9.97. The topological polar surface area (TPSA) is 117 Å². The third-order valence-electron chi connectivity index (χ3n) is 2.95. The van der Waals surface area contributed by atoms with Crippen LogP contribution in [0.3, 0.4) is 0 Å². The Morgan fingerprint density at radius 2 is 1.90 bits per heavy atom. The normalized spacial score (nSPS) is 14.4. The SMILES string of the molecule is O=C(CCN1C(=O)CCC1=O)Nc1cccc(C(=O)O)n1. The van der Waals surface area contributed by atoms with Crippen molar-refractivity contribution in [3.05, 3.63) is 23.9 Å². The minimum Gasteiger partial charge on any atom is -0.477 e. The summed E-state index contributed by atoms with van der Waals surface area (Å²) >= 11 is 0. The van der Waals surface area contributed by atoms with Crippen LogP contribution in [0.5, 0.6) is 0 Å². The van der Waals surface area contributed by atoms with Crippen molar-refractivity contribution in [2.24, 2.45) is 0 Å². The first-order valence-electron chi connectivity index (χ1n) is 6.31. The standard InChI is InChI=1S/C13H13N3O5/c17-10(6-7-16-11(18)4-5-12(16)19)15-9-3-1-2-8(14-9)13(20)21/h1-3H,4-7H2,(H,20,21)(H,14,15,17). The van der Waals surface area contributed by atoms with Crippen LogP contribution in [0.1, 0.15) is 29.8 Å². The number of carboxylic acids is 1. The summed E-state index contributed by atoms with van der Waals surface area (Å²) < 4.78 is 0. The van der Waals surface area contributed by atoms with E-state index in [4.69, 9.17) is 5.11 Å². The lowest BCUT2D eigenvalue weighted by Crippen LogP contribution is -2.32. The summed E-state index contributed by atoms with van der Waals surface area (Å²) in [4.78, 5) is 50.0. The molecule has 0 unspecified atom stereocenters. The summed E-state index contributed by atoms with van der Waals surface area (Å²) in [6.45, 7) is 0.0160. The molecule has 8 heteroatoms. The van der Waals surface area contributed by atoms with Crippen molar-refractivity contribution in [3.63, 3.8) is 0 Å². The highest BCUT2D eigenvalue weighted by atomic mass is 16.4. The summed E-state index contributed by atoms with van der Waals surface area (Å²) in [5.41, 5.74) is -0.183. The third-order valence-corrected chi connectivity index (χ3v) is 2.95. The lowest BCUT2D eigenvalue weighted by molar-refractivity contribution is -0.138. The van der Waals surface area contributed by atoms with Crippen LogP contribution in [0.25, 0.3) is 0 Å². The van der Waals surface area contributed by atoms with Gasteiger partial charge in [-0.2, -0.15) is 0 Å². The van der Waals surface area contributed by atoms with Crippen LogP contribution in [0.2, 0.25) is 0 Å². The number of amides is 3. The van der Waals surface area contributed by atoms with Crippen molar-refractivity contribution in [2.45, 2.75) is 19.3 Å². The summed E-state index contributed by atoms with van der Waals surface area (Å²) in [6.07, 6.45) is 0.307. The van der Waals surface area contributed by atoms with E-state index in [1.54, 1.807) is 0 Å². The molecule has 0 aromatic carbocycles. The number of aromatic carboxylic acids is 1. The predicted octanol–water partition coefficient (Wildman–Crippen LogP) is 0.257. The number of carboxylic acid groups (broad SMARTS) is 1. The molecule has 110 valence electrons. The summed E-state index contributed by atoms with van der Waals surface area (Å²) in [5, 5.41) is 11.2. The number of aromatic nitrogens is 1. The molecule has 8 nitrogen and oxygen atoms in total. The molecule has 1 fully saturated rings. The number of imide groups is 1. The Hall–Kier alpha value is -2.77. The van der Waals surface area contributed by atoms with Crippen LogP contribution in [0.15, 0.2) is 18.2 Å². The molecule has 1 aromatic rings. The maximum Gasteiger partial charge on any atom is 0.354 e. The fourth-order valence-corrected chi connectivity index (χ4v) is 1.91. The number of likely N-dealkylation sites (tertiary alicyclic amines) is 1. The zero-order chi connectivity index (χ0) is 15.4. The van der Waals surface area contributed by atoms with E-state index < -0.39 is 11.9 Å². The van der Waals surface area contributed by atoms with Gasteiger partial charge in [-0.15, -0.1) is 0 Å². The van der Waals surface area contributed by atoms with Gasteiger partial charge in [-0.1, -0.05) is 6.07 Å². The van der Waals surface area contributed by atoms with Crippen LogP contribution >= 0.6 is 0 Å². The first kappa shape index (κ1) is 14.6. The molecule has 0 radical (unpaired) electrons. The van der Waals surface area contributed by atoms with Crippen molar-refractivity contribution >= 4 is 29.5 Å². The van der Waals surface area contributed by atoms with Gasteiger partial charge in [0.25, 0.3) is 0 Å². The number of hydrogen-bond acceptors (Lipinski definition) is 5. The molecule has 2 N–H and O–H groups in total. The highest BCUT2D eigenvalue weighted by molar-refractivity contribution is 6.02. The van der Waals surface area contributed by atoms with Gasteiger partial charge in [0.1, 0.15) is 5.82 Å². The first-order valence-corrected chi connectivity index (χ1v) is 6.31. The highest BCUT2D eigenvalue weighted by Crippen LogP contribution is 2.12. The molecule has 0 spiro atoms. The summed E-state index contributed by atoms with van der Waals surface area (Å²) in [5.74, 6) is -2.09. The van der Waals surface area contributed by atoms with E-state index in [2.05, 4.69) is 10.3 Å². The van der Waals surface area contributed by atoms with Crippen molar-refractivity contribution in [1.82, 2.24) is 9.88 Å². The van der Waals surface area contributed by atoms with Crippen LogP contribution in [0.4, 0.5) is 5.82 Å². The average Bonchev–Trinajstić information content (AvgIpc) is 2.76. The van der Waals surface area contributed by atoms with Gasteiger partial charge in [-0.25, -0.2) is 9.78 Å². The lowest BCUT2D eigenvalue weighted by Gasteiger charge is -2.13. The third kappa shape index (κ3) is 3.62. The number of carbonyl (C=O) groups is 4. The second kappa shape index (κ2) is 6.12. The van der Waals surface area contributed by atoms with E-state index in [0.717, 1.165) is 4.90 Å². The van der Waals surface area contributed by atoms with Crippen molar-refractivity contribution in [2.75, 3.05) is 11.9 Å². The molecular formula is C13H13N3O5. The molecular weight excluding hydrogens is 278 g/mol. The fourth-order valence-electron chi connectivity index (χ4n) is 1.91. The number of nitrogens with zero attached hydrogens (tertiary/aromatic N) is 2. The number of nitrogens with one attached hydrogen (secondary N) is 1. The number of rotatable bonds is 5.